The van der Waals surface area contributed by atoms with Crippen molar-refractivity contribution in [3.05, 3.63) is 0 Å². The Hall–Kier alpha value is 1.47. The Morgan fingerprint density at radius 3 is 0.833 bits per heavy atom. The summed E-state index contributed by atoms with van der Waals surface area (Å²) in [5.41, 5.74) is 0. The molecule has 0 fully saturated rings. The van der Waals surface area contributed by atoms with E-state index in [4.69, 9.17) is 0 Å². The molecule has 0 saturated carbocycles. The molecule has 0 heterocycles. The van der Waals surface area contributed by atoms with Gasteiger partial charge in [-0.25, -0.2) is 0 Å². The smallest absolute Gasteiger partial charge is 1.00 e. The Morgan fingerprint density at radius 2 is 0.833 bits per heavy atom. The second kappa shape index (κ2) is 3.47. The van der Waals surface area contributed by atoms with Gasteiger partial charge in [-0.3, -0.25) is 0 Å². The second-order valence-electron chi connectivity index (χ2n) is 3.46. The molecule has 32 valence electrons. The summed E-state index contributed by atoms with van der Waals surface area (Å²) in [5.74, 6) is 0. The summed E-state index contributed by atoms with van der Waals surface area (Å²) >= 11 is -1.26. The van der Waals surface area contributed by atoms with E-state index in [-0.39, 0.29) is 18.9 Å². The largest absolute Gasteiger partial charge is 1.00 e. The van der Waals surface area contributed by atoms with Crippen LogP contribution in [0.1, 0.15) is 0 Å². The van der Waals surface area contributed by atoms with Crippen molar-refractivity contribution in [2.45, 2.75) is 18.7 Å². The third-order valence-electron chi connectivity index (χ3n) is 0. The third kappa shape index (κ3) is 50.7. The van der Waals surface area contributed by atoms with Crippen molar-refractivity contribution in [1.82, 2.24) is 0 Å². The molecule has 0 aliphatic heterocycles. The van der Waals surface area contributed by atoms with Crippen LogP contribution in [-0.4, -0.2) is 20.0 Å². The van der Waals surface area contributed by atoms with Crippen molar-refractivity contribution in [2.75, 3.05) is 0 Å². The van der Waals surface area contributed by atoms with Gasteiger partial charge in [0.2, 0.25) is 0 Å². The average molecular weight is 182 g/mol. The Labute approximate surface area is 57.2 Å². The summed E-state index contributed by atoms with van der Waals surface area (Å²) in [7, 11) is 0. The molecule has 0 aromatic carbocycles. The maximum Gasteiger partial charge on any atom is 1.00 e. The molecule has 0 N–H and O–H groups in total. The van der Waals surface area contributed by atoms with E-state index in [9.17, 15) is 0 Å². The minimum Gasteiger partial charge on any atom is 1.00 e. The van der Waals surface area contributed by atoms with Crippen molar-refractivity contribution in [1.29, 1.82) is 0 Å². The van der Waals surface area contributed by atoms with Crippen molar-refractivity contribution in [3.63, 3.8) is 0 Å². The van der Waals surface area contributed by atoms with E-state index in [1.165, 1.54) is 0 Å². The quantitative estimate of drug-likeness (QED) is 0.419. The number of hydrogen-bond donors (Lipinski definition) is 0. The zero-order valence-electron chi connectivity index (χ0n) is 5.58. The van der Waals surface area contributed by atoms with Gasteiger partial charge >= 0.3 is 57.6 Å². The van der Waals surface area contributed by atoms with Gasteiger partial charge in [-0.15, -0.1) is 0 Å². The van der Waals surface area contributed by atoms with E-state index < -0.39 is 20.0 Å². The molecule has 0 spiro atoms. The van der Waals surface area contributed by atoms with Crippen LogP contribution >= 0.6 is 0 Å². The molecular weight excluding hydrogens is 170 g/mol. The van der Waals surface area contributed by atoms with Crippen LogP contribution in [0.4, 0.5) is 0 Å². The topological polar surface area (TPSA) is 0 Å². The molecule has 0 nitrogen and oxygen atoms in total. The zero-order valence-corrected chi connectivity index (χ0v) is 8.87. The molecule has 0 aliphatic carbocycles. The van der Waals surface area contributed by atoms with Gasteiger partial charge in [0, 0.05) is 0 Å². The van der Waals surface area contributed by atoms with E-state index in [0.29, 0.717) is 0 Å². The molecule has 0 unspecified atom stereocenters. The summed E-state index contributed by atoms with van der Waals surface area (Å²) in [6, 6.07) is 0. The predicted octanol–water partition coefficient (Wildman–Crippen LogP) is -1.04. The average Bonchev–Trinajstić information content (AvgIpc) is 0.722. The van der Waals surface area contributed by atoms with E-state index >= 15 is 0 Å². The van der Waals surface area contributed by atoms with Gasteiger partial charge in [0.1, 0.15) is 0 Å². The van der Waals surface area contributed by atoms with Crippen LogP contribution in [0.2, 0.25) is 18.7 Å². The Balaban J connectivity index is 0. The number of hydrogen-bond acceptors (Lipinski definition) is 0. The normalized spacial score (nSPS) is 10.0. The van der Waals surface area contributed by atoms with Gasteiger partial charge < -0.3 is 0 Å². The molecule has 0 aromatic heterocycles. The van der Waals surface area contributed by atoms with E-state index in [1.807, 2.05) is 0 Å². The van der Waals surface area contributed by atoms with Crippen molar-refractivity contribution >= 4 is 20.0 Å². The van der Waals surface area contributed by atoms with Crippen molar-refractivity contribution in [3.8, 4) is 0 Å². The fourth-order valence-corrected chi connectivity index (χ4v) is 0. The molecule has 0 rings (SSSR count). The number of rotatable bonds is 0. The Kier molecular flexibility index (Phi) is 6.04. The van der Waals surface area contributed by atoms with Crippen LogP contribution in [0.25, 0.3) is 0 Å². The van der Waals surface area contributed by atoms with E-state index in [0.717, 1.165) is 0 Å². The van der Waals surface area contributed by atoms with Crippen LogP contribution in [-0.2, 0) is 0 Å². The summed E-state index contributed by atoms with van der Waals surface area (Å²) < 4.78 is 9.63. The first-order chi connectivity index (χ1) is 2.00. The van der Waals surface area contributed by atoms with Gasteiger partial charge in [0.05, 0.1) is 0 Å². The van der Waals surface area contributed by atoms with Gasteiger partial charge in [-0.2, -0.15) is 0 Å². The zero-order chi connectivity index (χ0) is 4.50. The minimum atomic E-state index is -1.26. The molecule has 2 heteroatoms. The Morgan fingerprint density at radius 1 is 0.833 bits per heavy atom. The second-order valence-corrected chi connectivity index (χ2v) is 23.2. The molecule has 0 amide bonds. The van der Waals surface area contributed by atoms with Crippen LogP contribution in [0.15, 0.2) is 0 Å². The van der Waals surface area contributed by atoms with Crippen LogP contribution < -0.4 is 18.9 Å². The fraction of sp³-hybridized carbons (Fsp3) is 1.00. The third-order valence-corrected chi connectivity index (χ3v) is 0. The SMILES string of the molecule is [CH3][In-]([CH3])([CH3])[CH3].[Li+]. The summed E-state index contributed by atoms with van der Waals surface area (Å²) in [6.45, 7) is 0. The minimum absolute atomic E-state index is 0. The molecule has 0 saturated heterocycles. The van der Waals surface area contributed by atoms with Gasteiger partial charge in [0.25, 0.3) is 0 Å². The first-order valence-corrected chi connectivity index (χ1v) is 15.5. The predicted molar refractivity (Wildman–Crippen MR) is 29.2 cm³/mol. The van der Waals surface area contributed by atoms with E-state index in [2.05, 4.69) is 18.7 Å². The summed E-state index contributed by atoms with van der Waals surface area (Å²) in [4.78, 5) is 0. The van der Waals surface area contributed by atoms with Crippen LogP contribution in [0.3, 0.4) is 0 Å². The summed E-state index contributed by atoms with van der Waals surface area (Å²) in [6.07, 6.45) is 0. The molecule has 0 atom stereocenters. The van der Waals surface area contributed by atoms with Gasteiger partial charge in [0.15, 0.2) is 0 Å². The van der Waals surface area contributed by atoms with Gasteiger partial charge in [-0.05, 0) is 0 Å². The molecule has 6 heavy (non-hydrogen) atoms. The van der Waals surface area contributed by atoms with Crippen molar-refractivity contribution < 1.29 is 18.9 Å². The van der Waals surface area contributed by atoms with E-state index in [1.54, 1.807) is 0 Å². The molecule has 0 aliphatic rings. The maximum atomic E-state index is 2.41. The molecule has 0 radical (unpaired) electrons. The Bertz CT molecular complexity index is 23.0. The first-order valence-electron chi connectivity index (χ1n) is 2.31. The van der Waals surface area contributed by atoms with Gasteiger partial charge in [-0.1, -0.05) is 0 Å². The molecule has 0 bridgehead atoms. The summed E-state index contributed by atoms with van der Waals surface area (Å²) in [5, 5.41) is 0. The fourth-order valence-electron chi connectivity index (χ4n) is 0. The molecule has 0 aromatic rings. The van der Waals surface area contributed by atoms with Crippen LogP contribution in [0.5, 0.6) is 0 Å². The van der Waals surface area contributed by atoms with Crippen molar-refractivity contribution in [2.24, 2.45) is 0 Å². The van der Waals surface area contributed by atoms with Crippen LogP contribution in [0, 0.1) is 0 Å². The standard InChI is InChI=1S/4CH3.In.Li/h4*1H3;;/q;;;;-1;+1. The monoisotopic (exact) mass is 182 g/mol. The maximum absolute atomic E-state index is 2.41. The molecular formula is C4H12InLi. The first kappa shape index (κ1) is 10.4.